The lowest BCUT2D eigenvalue weighted by atomic mass is 9.49. The second kappa shape index (κ2) is 7.95. The van der Waals surface area contributed by atoms with Crippen molar-refractivity contribution in [3.05, 3.63) is 68.5 Å². The highest BCUT2D eigenvalue weighted by Crippen LogP contribution is 2.60. The van der Waals surface area contributed by atoms with Crippen molar-refractivity contribution in [1.29, 1.82) is 0 Å². The van der Waals surface area contributed by atoms with E-state index >= 15 is 0 Å². The molecule has 1 unspecified atom stereocenters. The molecule has 1 atom stereocenters. The third kappa shape index (κ3) is 3.79. The summed E-state index contributed by atoms with van der Waals surface area (Å²) in [5, 5.41) is 0. The van der Waals surface area contributed by atoms with Gasteiger partial charge < -0.3 is 9.47 Å². The highest BCUT2D eigenvalue weighted by molar-refractivity contribution is 5.77. The molecule has 1 N–H and O–H groups in total. The van der Waals surface area contributed by atoms with E-state index in [1.54, 1.807) is 0 Å². The van der Waals surface area contributed by atoms with E-state index in [2.05, 4.69) is 0 Å². The van der Waals surface area contributed by atoms with Gasteiger partial charge in [0.1, 0.15) is 5.82 Å². The summed E-state index contributed by atoms with van der Waals surface area (Å²) in [5.41, 5.74) is -2.20. The van der Waals surface area contributed by atoms with E-state index in [9.17, 15) is 23.2 Å². The van der Waals surface area contributed by atoms with Gasteiger partial charge in [-0.05, 0) is 68.4 Å². The summed E-state index contributed by atoms with van der Waals surface area (Å²) < 4.78 is 39.3. The Morgan fingerprint density at radius 2 is 1.66 bits per heavy atom. The Labute approximate surface area is 182 Å². The molecule has 0 spiro atoms. The van der Waals surface area contributed by atoms with Crippen LogP contribution in [0, 0.1) is 34.8 Å². The summed E-state index contributed by atoms with van der Waals surface area (Å²) in [6.07, 6.45) is 5.58. The number of nitrogens with zero attached hydrogens (tertiary/aromatic N) is 1. The van der Waals surface area contributed by atoms with E-state index in [4.69, 9.17) is 9.47 Å². The Hall–Kier alpha value is -2.81. The summed E-state index contributed by atoms with van der Waals surface area (Å²) in [7, 11) is 0. The first-order valence-electron chi connectivity index (χ1n) is 10.9. The van der Waals surface area contributed by atoms with E-state index in [1.807, 2.05) is 4.98 Å². The van der Waals surface area contributed by atoms with E-state index < -0.39 is 41.3 Å². The molecule has 1 aromatic carbocycles. The molecule has 4 saturated carbocycles. The largest absolute Gasteiger partial charge is 0.438 e. The zero-order valence-electron chi connectivity index (χ0n) is 17.4. The van der Waals surface area contributed by atoms with Crippen molar-refractivity contribution in [3.8, 4) is 0 Å². The average molecular weight is 446 g/mol. The first kappa shape index (κ1) is 21.1. The lowest BCUT2D eigenvalue weighted by Crippen LogP contribution is -2.50. The van der Waals surface area contributed by atoms with Gasteiger partial charge in [0.15, 0.2) is 13.0 Å². The molecule has 0 amide bonds. The van der Waals surface area contributed by atoms with Crippen LogP contribution in [-0.2, 0) is 14.3 Å². The van der Waals surface area contributed by atoms with Gasteiger partial charge in [-0.3, -0.25) is 19.1 Å². The molecule has 2 aromatic rings. The molecule has 4 fully saturated rings. The van der Waals surface area contributed by atoms with Crippen molar-refractivity contribution in [1.82, 2.24) is 9.55 Å². The summed E-state index contributed by atoms with van der Waals surface area (Å²) >= 11 is 0. The molecule has 170 valence electrons. The molecule has 1 heterocycles. The van der Waals surface area contributed by atoms with Crippen molar-refractivity contribution >= 4 is 5.97 Å². The maximum absolute atomic E-state index is 13.9. The van der Waals surface area contributed by atoms with Gasteiger partial charge >= 0.3 is 11.7 Å². The number of H-pyrrole nitrogens is 1. The Kier molecular flexibility index (Phi) is 5.23. The predicted octanol–water partition coefficient (Wildman–Crippen LogP) is 3.10. The molecule has 0 radical (unpaired) electrons. The Bertz CT molecular complexity index is 1110. The minimum Gasteiger partial charge on any atom is -0.438 e. The quantitative estimate of drug-likeness (QED) is 0.544. The zero-order valence-corrected chi connectivity index (χ0v) is 17.4. The van der Waals surface area contributed by atoms with Crippen LogP contribution < -0.4 is 11.2 Å². The molecule has 0 aliphatic heterocycles. The van der Waals surface area contributed by atoms with E-state index in [-0.39, 0.29) is 5.97 Å². The molecule has 4 aliphatic carbocycles. The minimum absolute atomic E-state index is 0.297. The smallest absolute Gasteiger partial charge is 0.330 e. The van der Waals surface area contributed by atoms with Crippen molar-refractivity contribution in [2.24, 2.45) is 23.2 Å². The minimum atomic E-state index is -1.22. The second-order valence-corrected chi connectivity index (χ2v) is 9.46. The van der Waals surface area contributed by atoms with Crippen LogP contribution in [0.1, 0.15) is 50.3 Å². The van der Waals surface area contributed by atoms with Crippen LogP contribution >= 0.6 is 0 Å². The van der Waals surface area contributed by atoms with Gasteiger partial charge in [-0.25, -0.2) is 9.18 Å². The fourth-order valence-electron chi connectivity index (χ4n) is 6.27. The lowest BCUT2D eigenvalue weighted by Gasteiger charge is -2.55. The average Bonchev–Trinajstić information content (AvgIpc) is 2.74. The number of halogens is 2. The molecule has 32 heavy (non-hydrogen) atoms. The standard InChI is InChI=1S/C23H24F2N2O5/c24-17-3-1-16(2-4-17)20(27-11-18(25)19(28)26-22(27)30)31-12-32-21(29)23-8-13-5-14(9-23)7-15(6-13)10-23/h1-4,11,13-15,20H,5-10,12H2,(H,26,28,30). The van der Waals surface area contributed by atoms with Gasteiger partial charge in [0.25, 0.3) is 5.56 Å². The fraction of sp³-hybridized carbons (Fsp3) is 0.522. The summed E-state index contributed by atoms with van der Waals surface area (Å²) in [6, 6.07) is 5.08. The first-order valence-corrected chi connectivity index (χ1v) is 10.9. The van der Waals surface area contributed by atoms with E-state index in [0.717, 1.165) is 30.0 Å². The van der Waals surface area contributed by atoms with Crippen LogP contribution in [0.5, 0.6) is 0 Å². The molecule has 4 bridgehead atoms. The monoisotopic (exact) mass is 446 g/mol. The highest BCUT2D eigenvalue weighted by atomic mass is 19.1. The number of hydrogen-bond donors (Lipinski definition) is 1. The van der Waals surface area contributed by atoms with Crippen LogP contribution in [0.15, 0.2) is 40.1 Å². The number of hydrogen-bond acceptors (Lipinski definition) is 5. The first-order chi connectivity index (χ1) is 15.3. The van der Waals surface area contributed by atoms with Crippen molar-refractivity contribution < 1.29 is 23.0 Å². The second-order valence-electron chi connectivity index (χ2n) is 9.46. The topological polar surface area (TPSA) is 90.4 Å². The highest BCUT2D eigenvalue weighted by Gasteiger charge is 2.55. The van der Waals surface area contributed by atoms with Gasteiger partial charge in [0.05, 0.1) is 11.6 Å². The van der Waals surface area contributed by atoms with Gasteiger partial charge in [0.2, 0.25) is 5.82 Å². The van der Waals surface area contributed by atoms with Gasteiger partial charge in [-0.1, -0.05) is 12.1 Å². The molecule has 9 heteroatoms. The summed E-state index contributed by atoms with van der Waals surface area (Å²) in [6.45, 7) is -0.462. The van der Waals surface area contributed by atoms with Crippen LogP contribution in [-0.4, -0.2) is 22.3 Å². The number of esters is 1. The van der Waals surface area contributed by atoms with Crippen molar-refractivity contribution in [2.45, 2.75) is 44.8 Å². The van der Waals surface area contributed by atoms with Gasteiger partial charge in [-0.2, -0.15) is 4.39 Å². The number of benzene rings is 1. The van der Waals surface area contributed by atoms with Crippen molar-refractivity contribution in [3.63, 3.8) is 0 Å². The number of aromatic amines is 1. The Morgan fingerprint density at radius 3 is 2.25 bits per heavy atom. The van der Waals surface area contributed by atoms with Gasteiger partial charge in [-0.15, -0.1) is 0 Å². The molecular formula is C23H24F2N2O5. The maximum atomic E-state index is 13.9. The maximum Gasteiger partial charge on any atom is 0.330 e. The van der Waals surface area contributed by atoms with E-state index in [1.165, 1.54) is 43.5 Å². The predicted molar refractivity (Wildman–Crippen MR) is 108 cm³/mol. The molecule has 6 rings (SSSR count). The molecule has 0 saturated heterocycles. The third-order valence-corrected chi connectivity index (χ3v) is 7.22. The van der Waals surface area contributed by atoms with E-state index in [0.29, 0.717) is 23.3 Å². The van der Waals surface area contributed by atoms with Crippen molar-refractivity contribution in [2.75, 3.05) is 6.79 Å². The number of ether oxygens (including phenoxy) is 2. The summed E-state index contributed by atoms with van der Waals surface area (Å²) in [5.74, 6) is -0.251. The Morgan fingerprint density at radius 1 is 1.06 bits per heavy atom. The molecule has 7 nitrogen and oxygen atoms in total. The van der Waals surface area contributed by atoms with Crippen LogP contribution in [0.4, 0.5) is 8.78 Å². The lowest BCUT2D eigenvalue weighted by molar-refractivity contribution is -0.188. The number of carbonyl (C=O) groups is 1. The summed E-state index contributed by atoms with van der Waals surface area (Å²) in [4.78, 5) is 38.6. The number of carbonyl (C=O) groups excluding carboxylic acids is 1. The normalized spacial score (nSPS) is 29.1. The molecule has 4 aliphatic rings. The molecular weight excluding hydrogens is 422 g/mol. The van der Waals surface area contributed by atoms with Crippen LogP contribution in [0.2, 0.25) is 0 Å². The third-order valence-electron chi connectivity index (χ3n) is 7.22. The van der Waals surface area contributed by atoms with Crippen LogP contribution in [0.25, 0.3) is 0 Å². The Balaban J connectivity index is 1.34. The number of aromatic nitrogens is 2. The zero-order chi connectivity index (χ0) is 22.5. The SMILES string of the molecule is O=C(OCOC(c1ccc(F)cc1)n1cc(F)c(=O)[nH]c1=O)C12CC3CC(CC(C3)C1)C2. The number of rotatable bonds is 6. The molecule has 1 aromatic heterocycles. The van der Waals surface area contributed by atoms with Crippen LogP contribution in [0.3, 0.4) is 0 Å². The van der Waals surface area contributed by atoms with Gasteiger partial charge in [0, 0.05) is 5.56 Å². The fourth-order valence-corrected chi connectivity index (χ4v) is 6.27. The number of nitrogens with one attached hydrogen (secondary N) is 1.